The number of esters is 1. The van der Waals surface area contributed by atoms with Gasteiger partial charge < -0.3 is 9.47 Å². The van der Waals surface area contributed by atoms with E-state index in [1.165, 1.54) is 22.7 Å². The number of hydrogen-bond donors (Lipinski definition) is 0. The van der Waals surface area contributed by atoms with Gasteiger partial charge in [-0.3, -0.25) is 0 Å². The van der Waals surface area contributed by atoms with Crippen LogP contribution >= 0.6 is 0 Å². The molecule has 146 valence electrons. The zero-order valence-corrected chi connectivity index (χ0v) is 15.7. The number of fused-ring (bicyclic) bond motifs is 1. The fourth-order valence-corrected chi connectivity index (χ4v) is 3.28. The van der Waals surface area contributed by atoms with Crippen LogP contribution in [0.15, 0.2) is 30.3 Å². The Morgan fingerprint density at radius 3 is 2.61 bits per heavy atom. The molecular formula is C21H20F2N2O3. The summed E-state index contributed by atoms with van der Waals surface area (Å²) in [5, 5.41) is 4.40. The Balaban J connectivity index is 1.77. The van der Waals surface area contributed by atoms with Gasteiger partial charge >= 0.3 is 5.97 Å². The summed E-state index contributed by atoms with van der Waals surface area (Å²) in [7, 11) is 0. The number of carbonyl (C=O) groups excluding carboxylic acids is 1. The lowest BCUT2D eigenvalue weighted by atomic mass is 10.1. The van der Waals surface area contributed by atoms with Gasteiger partial charge in [-0.15, -0.1) is 0 Å². The van der Waals surface area contributed by atoms with E-state index in [0.717, 1.165) is 18.4 Å². The average molecular weight is 386 g/mol. The summed E-state index contributed by atoms with van der Waals surface area (Å²) in [6.45, 7) is 3.44. The Bertz CT molecular complexity index is 1040. The van der Waals surface area contributed by atoms with Gasteiger partial charge in [-0.2, -0.15) is 9.61 Å². The van der Waals surface area contributed by atoms with Crippen LogP contribution in [-0.2, 0) is 11.3 Å². The molecule has 28 heavy (non-hydrogen) atoms. The first kappa shape index (κ1) is 18.4. The fraction of sp³-hybridized carbons (Fsp3) is 0.333. The van der Waals surface area contributed by atoms with Crippen molar-refractivity contribution in [2.45, 2.75) is 39.2 Å². The normalized spacial score (nSPS) is 13.7. The van der Waals surface area contributed by atoms with Gasteiger partial charge in [-0.1, -0.05) is 6.07 Å². The van der Waals surface area contributed by atoms with E-state index < -0.39 is 17.6 Å². The van der Waals surface area contributed by atoms with Crippen molar-refractivity contribution in [2.75, 3.05) is 6.61 Å². The Hall–Kier alpha value is -2.96. The second kappa shape index (κ2) is 7.22. The summed E-state index contributed by atoms with van der Waals surface area (Å²) in [5.41, 5.74) is 2.33. The quantitative estimate of drug-likeness (QED) is 0.583. The van der Waals surface area contributed by atoms with Crippen molar-refractivity contribution in [1.82, 2.24) is 9.61 Å². The lowest BCUT2D eigenvalue weighted by molar-refractivity contribution is 0.0528. The molecule has 1 aromatic carbocycles. The third-order valence-electron chi connectivity index (χ3n) is 4.85. The van der Waals surface area contributed by atoms with Crippen molar-refractivity contribution < 1.29 is 23.0 Å². The average Bonchev–Trinajstić information content (AvgIpc) is 3.44. The van der Waals surface area contributed by atoms with E-state index in [0.29, 0.717) is 28.6 Å². The zero-order chi connectivity index (χ0) is 19.8. The number of aromatic nitrogens is 2. The second-order valence-electron chi connectivity index (χ2n) is 6.87. The Labute approximate surface area is 160 Å². The zero-order valence-electron chi connectivity index (χ0n) is 15.7. The van der Waals surface area contributed by atoms with Crippen LogP contribution in [0.3, 0.4) is 0 Å². The van der Waals surface area contributed by atoms with Crippen molar-refractivity contribution in [2.24, 2.45) is 0 Å². The van der Waals surface area contributed by atoms with Crippen molar-refractivity contribution in [3.63, 3.8) is 0 Å². The number of carbonyl (C=O) groups is 1. The van der Waals surface area contributed by atoms with E-state index in [1.807, 2.05) is 12.1 Å². The monoisotopic (exact) mass is 386 g/mol. The van der Waals surface area contributed by atoms with Gasteiger partial charge in [0.25, 0.3) is 0 Å². The maximum absolute atomic E-state index is 13.9. The van der Waals surface area contributed by atoms with Gasteiger partial charge in [0.2, 0.25) is 5.88 Å². The molecular weight excluding hydrogens is 366 g/mol. The number of ether oxygens (including phenoxy) is 2. The number of rotatable bonds is 6. The molecule has 0 atom stereocenters. The highest BCUT2D eigenvalue weighted by atomic mass is 19.1. The Kier molecular flexibility index (Phi) is 4.75. The predicted molar refractivity (Wildman–Crippen MR) is 98.6 cm³/mol. The molecule has 0 amide bonds. The summed E-state index contributed by atoms with van der Waals surface area (Å²) >= 11 is 0. The molecule has 0 bridgehead atoms. The van der Waals surface area contributed by atoms with Gasteiger partial charge in [0, 0.05) is 6.07 Å². The Morgan fingerprint density at radius 1 is 1.25 bits per heavy atom. The van der Waals surface area contributed by atoms with Crippen LogP contribution in [-0.4, -0.2) is 22.2 Å². The molecule has 1 aliphatic carbocycles. The summed E-state index contributed by atoms with van der Waals surface area (Å²) in [5.74, 6) is -1.06. The number of hydrogen-bond acceptors (Lipinski definition) is 4. The molecule has 3 aromatic rings. The van der Waals surface area contributed by atoms with Gasteiger partial charge in [0.15, 0.2) is 0 Å². The Morgan fingerprint density at radius 2 is 1.96 bits per heavy atom. The van der Waals surface area contributed by atoms with Crippen LogP contribution in [0, 0.1) is 18.6 Å². The summed E-state index contributed by atoms with van der Waals surface area (Å²) in [6.07, 6.45) is 2.11. The molecule has 2 heterocycles. The van der Waals surface area contributed by atoms with Crippen LogP contribution < -0.4 is 4.74 Å². The summed E-state index contributed by atoms with van der Waals surface area (Å²) < 4.78 is 40.3. The molecule has 1 saturated carbocycles. The molecule has 0 saturated heterocycles. The summed E-state index contributed by atoms with van der Waals surface area (Å²) in [4.78, 5) is 12.4. The molecule has 0 spiro atoms. The van der Waals surface area contributed by atoms with Crippen LogP contribution in [0.2, 0.25) is 0 Å². The van der Waals surface area contributed by atoms with E-state index in [2.05, 4.69) is 5.10 Å². The molecule has 4 rings (SSSR count). The number of aryl methyl sites for hydroxylation is 1. The van der Waals surface area contributed by atoms with Crippen LogP contribution in [0.4, 0.5) is 8.78 Å². The lowest BCUT2D eigenvalue weighted by Crippen LogP contribution is -2.07. The van der Waals surface area contributed by atoms with Gasteiger partial charge in [-0.05, 0) is 56.4 Å². The molecule has 0 N–H and O–H groups in total. The third-order valence-corrected chi connectivity index (χ3v) is 4.85. The van der Waals surface area contributed by atoms with Gasteiger partial charge in [0.05, 0.1) is 23.4 Å². The first-order chi connectivity index (χ1) is 13.5. The highest BCUT2D eigenvalue weighted by Crippen LogP contribution is 2.42. The van der Waals surface area contributed by atoms with Crippen molar-refractivity contribution in [1.29, 1.82) is 0 Å². The van der Waals surface area contributed by atoms with E-state index >= 15 is 0 Å². The van der Waals surface area contributed by atoms with Crippen LogP contribution in [0.5, 0.6) is 5.88 Å². The number of nitrogens with zero attached hydrogens (tertiary/aromatic N) is 2. The van der Waals surface area contributed by atoms with Crippen LogP contribution in [0.25, 0.3) is 5.52 Å². The highest BCUT2D eigenvalue weighted by molar-refractivity contribution is 5.98. The maximum atomic E-state index is 13.9. The SMILES string of the molecule is CCOC(=O)c1c(C)nn2c(OCc3c(F)cccc3F)cc(C3CC3)cc12. The predicted octanol–water partition coefficient (Wildman–Crippen LogP) is 4.55. The molecule has 2 aromatic heterocycles. The first-order valence-electron chi connectivity index (χ1n) is 9.25. The first-order valence-corrected chi connectivity index (χ1v) is 9.25. The lowest BCUT2D eigenvalue weighted by Gasteiger charge is -2.12. The van der Waals surface area contributed by atoms with Crippen molar-refractivity contribution in [3.8, 4) is 5.88 Å². The molecule has 1 aliphatic rings. The van der Waals surface area contributed by atoms with Crippen LogP contribution in [0.1, 0.15) is 52.9 Å². The van der Waals surface area contributed by atoms with Crippen molar-refractivity contribution in [3.05, 3.63) is 64.4 Å². The number of pyridine rings is 1. The smallest absolute Gasteiger partial charge is 0.342 e. The largest absolute Gasteiger partial charge is 0.473 e. The van der Waals surface area contributed by atoms with Gasteiger partial charge in [0.1, 0.15) is 23.8 Å². The second-order valence-corrected chi connectivity index (χ2v) is 6.87. The molecule has 0 radical (unpaired) electrons. The number of benzene rings is 1. The van der Waals surface area contributed by atoms with E-state index in [4.69, 9.17) is 9.47 Å². The fourth-order valence-electron chi connectivity index (χ4n) is 3.28. The van der Waals surface area contributed by atoms with E-state index in [9.17, 15) is 13.6 Å². The molecule has 7 heteroatoms. The van der Waals surface area contributed by atoms with E-state index in [-0.39, 0.29) is 18.8 Å². The third kappa shape index (κ3) is 3.32. The molecule has 1 fully saturated rings. The minimum Gasteiger partial charge on any atom is -0.473 e. The van der Waals surface area contributed by atoms with E-state index in [1.54, 1.807) is 13.8 Å². The molecule has 5 nitrogen and oxygen atoms in total. The number of halogens is 2. The standard InChI is InChI=1S/C21H20F2N2O3/c1-3-27-21(26)20-12(2)24-25-18(20)9-14(13-7-8-13)10-19(25)28-11-15-16(22)5-4-6-17(15)23/h4-6,9-10,13H,3,7-8,11H2,1-2H3. The van der Waals surface area contributed by atoms with Crippen molar-refractivity contribution >= 4 is 11.5 Å². The maximum Gasteiger partial charge on any atom is 0.342 e. The topological polar surface area (TPSA) is 52.8 Å². The minimum absolute atomic E-state index is 0.151. The summed E-state index contributed by atoms with van der Waals surface area (Å²) in [6, 6.07) is 7.43. The minimum atomic E-state index is -0.668. The molecule has 0 unspecified atom stereocenters. The molecule has 0 aliphatic heterocycles. The van der Waals surface area contributed by atoms with Gasteiger partial charge in [-0.25, -0.2) is 13.6 Å². The highest BCUT2D eigenvalue weighted by Gasteiger charge is 2.28.